The van der Waals surface area contributed by atoms with Gasteiger partial charge in [-0.15, -0.1) is 5.10 Å². The predicted molar refractivity (Wildman–Crippen MR) is 103 cm³/mol. The zero-order valence-electron chi connectivity index (χ0n) is 15.7. The van der Waals surface area contributed by atoms with Crippen molar-refractivity contribution < 1.29 is 13.7 Å². The van der Waals surface area contributed by atoms with E-state index in [4.69, 9.17) is 4.52 Å². The Morgan fingerprint density at radius 1 is 1.14 bits per heavy atom. The molecule has 0 aliphatic rings. The zero-order chi connectivity index (χ0) is 20.2. The van der Waals surface area contributed by atoms with E-state index in [0.717, 1.165) is 5.56 Å². The molecule has 0 fully saturated rings. The fourth-order valence-corrected chi connectivity index (χ4v) is 2.91. The third kappa shape index (κ3) is 4.21. The Labute approximate surface area is 166 Å². The minimum atomic E-state index is -0.326. The number of carbonyl (C=O) groups is 1. The lowest BCUT2D eigenvalue weighted by Gasteiger charge is -2.12. The van der Waals surface area contributed by atoms with E-state index in [2.05, 4.69) is 15.5 Å². The van der Waals surface area contributed by atoms with E-state index < -0.39 is 0 Å². The van der Waals surface area contributed by atoms with Gasteiger partial charge in [-0.2, -0.15) is 0 Å². The largest absolute Gasteiger partial charge is 0.359 e. The van der Waals surface area contributed by atoms with Gasteiger partial charge in [-0.1, -0.05) is 58.9 Å². The van der Waals surface area contributed by atoms with E-state index in [1.807, 2.05) is 30.3 Å². The molecule has 0 atom stereocenters. The molecule has 146 valence electrons. The molecular weight excluding hydrogens is 373 g/mol. The summed E-state index contributed by atoms with van der Waals surface area (Å²) in [6.45, 7) is 0.429. The van der Waals surface area contributed by atoms with Crippen molar-refractivity contribution in [2.45, 2.75) is 13.1 Å². The van der Waals surface area contributed by atoms with E-state index in [-0.39, 0.29) is 30.5 Å². The van der Waals surface area contributed by atoms with E-state index in [0.29, 0.717) is 17.0 Å². The van der Waals surface area contributed by atoms with E-state index in [1.54, 1.807) is 31.3 Å². The molecule has 29 heavy (non-hydrogen) atoms. The van der Waals surface area contributed by atoms with Crippen LogP contribution in [0.2, 0.25) is 0 Å². The summed E-state index contributed by atoms with van der Waals surface area (Å²) < 4.78 is 20.6. The molecule has 4 aromatic rings. The topological polar surface area (TPSA) is 77.0 Å². The highest BCUT2D eigenvalue weighted by Gasteiger charge is 2.18. The van der Waals surface area contributed by atoms with Crippen LogP contribution in [0.3, 0.4) is 0 Å². The smallest absolute Gasteiger partial charge is 0.276 e. The molecule has 2 heterocycles. The Kier molecular flexibility index (Phi) is 5.15. The van der Waals surface area contributed by atoms with Gasteiger partial charge in [0.05, 0.1) is 19.3 Å². The first-order chi connectivity index (χ1) is 14.1. The van der Waals surface area contributed by atoms with Crippen molar-refractivity contribution >= 4 is 5.91 Å². The maximum Gasteiger partial charge on any atom is 0.276 e. The van der Waals surface area contributed by atoms with Crippen LogP contribution in [0.25, 0.3) is 11.3 Å². The van der Waals surface area contributed by atoms with Gasteiger partial charge >= 0.3 is 0 Å². The van der Waals surface area contributed by atoms with Crippen LogP contribution in [0.15, 0.2) is 71.4 Å². The number of halogens is 1. The summed E-state index contributed by atoms with van der Waals surface area (Å²) in [4.78, 5) is 14.1. The molecule has 1 amide bonds. The first-order valence-electron chi connectivity index (χ1n) is 9.00. The maximum absolute atomic E-state index is 13.8. The lowest BCUT2D eigenvalue weighted by Crippen LogP contribution is -2.26. The standard InChI is InChI=1S/C21H18FN5O2/c1-26(13-17-11-19(24-29-17)15-7-3-2-4-8-15)21(28)20-14-27(25-23-20)12-16-9-5-6-10-18(16)22/h2-11,14H,12-13H2,1H3. The summed E-state index contributed by atoms with van der Waals surface area (Å²) in [5, 5.41) is 11.9. The van der Waals surface area contributed by atoms with Crippen molar-refractivity contribution in [1.82, 2.24) is 25.1 Å². The number of rotatable bonds is 6. The number of hydrogen-bond acceptors (Lipinski definition) is 5. The Bertz CT molecular complexity index is 1120. The van der Waals surface area contributed by atoms with Gasteiger partial charge in [0.2, 0.25) is 0 Å². The van der Waals surface area contributed by atoms with Crippen molar-refractivity contribution in [1.29, 1.82) is 0 Å². The van der Waals surface area contributed by atoms with E-state index >= 15 is 0 Å². The van der Waals surface area contributed by atoms with Crippen LogP contribution in [0.5, 0.6) is 0 Å². The quantitative estimate of drug-likeness (QED) is 0.504. The van der Waals surface area contributed by atoms with E-state index in [9.17, 15) is 9.18 Å². The van der Waals surface area contributed by atoms with Gasteiger partial charge in [-0.05, 0) is 6.07 Å². The highest BCUT2D eigenvalue weighted by atomic mass is 19.1. The first-order valence-corrected chi connectivity index (χ1v) is 9.00. The van der Waals surface area contributed by atoms with Crippen molar-refractivity contribution in [2.24, 2.45) is 0 Å². The lowest BCUT2D eigenvalue weighted by atomic mass is 10.1. The third-order valence-electron chi connectivity index (χ3n) is 4.42. The fraction of sp³-hybridized carbons (Fsp3) is 0.143. The van der Waals surface area contributed by atoms with Crippen LogP contribution in [0.1, 0.15) is 21.8 Å². The highest BCUT2D eigenvalue weighted by molar-refractivity contribution is 5.91. The van der Waals surface area contributed by atoms with Crippen molar-refractivity contribution in [3.05, 3.63) is 89.7 Å². The summed E-state index contributed by atoms with van der Waals surface area (Å²) in [5.74, 6) is -0.0894. The molecule has 0 saturated heterocycles. The molecule has 0 N–H and O–H groups in total. The molecule has 0 bridgehead atoms. The summed E-state index contributed by atoms with van der Waals surface area (Å²) in [7, 11) is 1.64. The summed E-state index contributed by atoms with van der Waals surface area (Å²) in [6, 6.07) is 17.9. The number of benzene rings is 2. The molecule has 0 aliphatic heterocycles. The van der Waals surface area contributed by atoms with E-state index in [1.165, 1.54) is 21.8 Å². The Morgan fingerprint density at radius 2 is 1.90 bits per heavy atom. The van der Waals surface area contributed by atoms with Crippen LogP contribution < -0.4 is 0 Å². The summed E-state index contributed by atoms with van der Waals surface area (Å²) in [6.07, 6.45) is 1.50. The Balaban J connectivity index is 1.42. The molecular formula is C21H18FN5O2. The summed E-state index contributed by atoms with van der Waals surface area (Å²) >= 11 is 0. The second-order valence-corrected chi connectivity index (χ2v) is 6.60. The average Bonchev–Trinajstić information content (AvgIpc) is 3.40. The molecule has 2 aromatic heterocycles. The monoisotopic (exact) mass is 391 g/mol. The molecule has 8 heteroatoms. The minimum Gasteiger partial charge on any atom is -0.359 e. The molecule has 2 aromatic carbocycles. The molecule has 0 aliphatic carbocycles. The normalized spacial score (nSPS) is 10.8. The first kappa shape index (κ1) is 18.5. The third-order valence-corrected chi connectivity index (χ3v) is 4.42. The van der Waals surface area contributed by atoms with Crippen LogP contribution in [0.4, 0.5) is 4.39 Å². The molecule has 0 saturated carbocycles. The predicted octanol–water partition coefficient (Wildman–Crippen LogP) is 3.39. The highest BCUT2D eigenvalue weighted by Crippen LogP contribution is 2.19. The zero-order valence-corrected chi connectivity index (χ0v) is 15.7. The molecule has 4 rings (SSSR count). The number of carbonyl (C=O) groups excluding carboxylic acids is 1. The number of amides is 1. The molecule has 7 nitrogen and oxygen atoms in total. The average molecular weight is 391 g/mol. The van der Waals surface area contributed by atoms with Gasteiger partial charge in [0.1, 0.15) is 11.5 Å². The van der Waals surface area contributed by atoms with Gasteiger partial charge in [-0.3, -0.25) is 4.79 Å². The van der Waals surface area contributed by atoms with Crippen LogP contribution in [-0.2, 0) is 13.1 Å². The number of hydrogen-bond donors (Lipinski definition) is 0. The van der Waals surface area contributed by atoms with Gasteiger partial charge in [0, 0.05) is 24.2 Å². The second-order valence-electron chi connectivity index (χ2n) is 6.60. The minimum absolute atomic E-state index is 0.173. The summed E-state index contributed by atoms with van der Waals surface area (Å²) in [5.41, 5.74) is 2.29. The maximum atomic E-state index is 13.8. The SMILES string of the molecule is CN(Cc1cc(-c2ccccc2)no1)C(=O)c1cn(Cc2ccccc2F)nn1. The number of aromatic nitrogens is 4. The van der Waals surface area contributed by atoms with Crippen LogP contribution in [0, 0.1) is 5.82 Å². The molecule has 0 radical (unpaired) electrons. The molecule has 0 spiro atoms. The van der Waals surface area contributed by atoms with Gasteiger partial charge in [0.15, 0.2) is 11.5 Å². The van der Waals surface area contributed by atoms with Gasteiger partial charge in [-0.25, -0.2) is 9.07 Å². The van der Waals surface area contributed by atoms with Gasteiger partial charge in [0.25, 0.3) is 5.91 Å². The Hall–Kier alpha value is -3.81. The van der Waals surface area contributed by atoms with Crippen LogP contribution >= 0.6 is 0 Å². The fourth-order valence-electron chi connectivity index (χ4n) is 2.91. The molecule has 0 unspecified atom stereocenters. The second kappa shape index (κ2) is 8.05. The Morgan fingerprint density at radius 3 is 2.69 bits per heavy atom. The van der Waals surface area contributed by atoms with Crippen LogP contribution in [-0.4, -0.2) is 38.0 Å². The van der Waals surface area contributed by atoms with Crippen molar-refractivity contribution in [3.8, 4) is 11.3 Å². The lowest BCUT2D eigenvalue weighted by molar-refractivity contribution is 0.0766. The van der Waals surface area contributed by atoms with Gasteiger partial charge < -0.3 is 9.42 Å². The van der Waals surface area contributed by atoms with Crippen molar-refractivity contribution in [3.63, 3.8) is 0 Å². The number of nitrogens with zero attached hydrogens (tertiary/aromatic N) is 5. The van der Waals surface area contributed by atoms with Crippen molar-refractivity contribution in [2.75, 3.05) is 7.05 Å².